The van der Waals surface area contributed by atoms with Crippen molar-refractivity contribution in [2.45, 2.75) is 50.6 Å². The lowest BCUT2D eigenvalue weighted by Gasteiger charge is -2.28. The smallest absolute Gasteiger partial charge is 0.274 e. The zero-order chi connectivity index (χ0) is 11.7. The van der Waals surface area contributed by atoms with Gasteiger partial charge < -0.3 is 4.90 Å². The molecule has 1 heterocycles. The number of carbonyl (C=O) groups excluding carboxylic acids is 1. The van der Waals surface area contributed by atoms with Crippen LogP contribution in [0.3, 0.4) is 0 Å². The van der Waals surface area contributed by atoms with Crippen LogP contribution in [-0.2, 0) is 0 Å². The number of nitrogens with zero attached hydrogens (tertiary/aromatic N) is 3. The molecule has 3 rings (SSSR count). The second kappa shape index (κ2) is 4.43. The third-order valence-electron chi connectivity index (χ3n) is 3.68. The minimum Gasteiger partial charge on any atom is -0.331 e. The van der Waals surface area contributed by atoms with E-state index in [0.717, 1.165) is 25.7 Å². The van der Waals surface area contributed by atoms with E-state index in [1.54, 1.807) is 18.6 Å². The predicted molar refractivity (Wildman–Crippen MR) is 63.5 cm³/mol. The van der Waals surface area contributed by atoms with Crippen molar-refractivity contribution in [3.8, 4) is 0 Å². The van der Waals surface area contributed by atoms with Crippen molar-refractivity contribution in [1.29, 1.82) is 0 Å². The van der Waals surface area contributed by atoms with Gasteiger partial charge in [-0.3, -0.25) is 9.78 Å². The van der Waals surface area contributed by atoms with Crippen LogP contribution in [0.1, 0.15) is 49.0 Å². The Hall–Kier alpha value is -1.45. The zero-order valence-electron chi connectivity index (χ0n) is 9.88. The molecule has 17 heavy (non-hydrogen) atoms. The molecule has 1 aromatic heterocycles. The van der Waals surface area contributed by atoms with E-state index in [0.29, 0.717) is 17.8 Å². The van der Waals surface area contributed by atoms with Gasteiger partial charge in [0.15, 0.2) is 0 Å². The van der Waals surface area contributed by atoms with Crippen LogP contribution in [0.4, 0.5) is 0 Å². The van der Waals surface area contributed by atoms with Crippen molar-refractivity contribution in [1.82, 2.24) is 14.9 Å². The molecule has 0 bridgehead atoms. The summed E-state index contributed by atoms with van der Waals surface area (Å²) in [5, 5.41) is 0. The molecule has 0 N–H and O–H groups in total. The Morgan fingerprint density at radius 1 is 1.12 bits per heavy atom. The van der Waals surface area contributed by atoms with Crippen molar-refractivity contribution in [2.75, 3.05) is 0 Å². The number of aromatic nitrogens is 2. The normalized spacial score (nSPS) is 20.5. The lowest BCUT2D eigenvalue weighted by molar-refractivity contribution is 0.0657. The molecule has 2 aliphatic carbocycles. The van der Waals surface area contributed by atoms with Gasteiger partial charge in [0, 0.05) is 24.5 Å². The van der Waals surface area contributed by atoms with Gasteiger partial charge in [-0.2, -0.15) is 0 Å². The molecule has 0 aliphatic heterocycles. The Labute approximate surface area is 101 Å². The summed E-state index contributed by atoms with van der Waals surface area (Å²) in [5.74, 6) is 0.0764. The molecule has 4 heteroatoms. The highest BCUT2D eigenvalue weighted by molar-refractivity contribution is 5.92. The summed E-state index contributed by atoms with van der Waals surface area (Å²) in [6.07, 6.45) is 11.9. The van der Waals surface area contributed by atoms with Gasteiger partial charge in [0.2, 0.25) is 0 Å². The second-order valence-electron chi connectivity index (χ2n) is 4.97. The van der Waals surface area contributed by atoms with Gasteiger partial charge in [-0.1, -0.05) is 12.8 Å². The van der Waals surface area contributed by atoms with Crippen LogP contribution in [0.25, 0.3) is 0 Å². The average molecular weight is 231 g/mol. The summed E-state index contributed by atoms with van der Waals surface area (Å²) in [6, 6.07) is 0.907. The van der Waals surface area contributed by atoms with E-state index in [1.807, 2.05) is 0 Å². The minimum atomic E-state index is 0.0764. The Morgan fingerprint density at radius 3 is 2.41 bits per heavy atom. The number of hydrogen-bond acceptors (Lipinski definition) is 3. The third-order valence-corrected chi connectivity index (χ3v) is 3.68. The summed E-state index contributed by atoms with van der Waals surface area (Å²) in [5.41, 5.74) is 0.492. The van der Waals surface area contributed by atoms with Gasteiger partial charge in [-0.25, -0.2) is 4.98 Å². The topological polar surface area (TPSA) is 46.1 Å². The summed E-state index contributed by atoms with van der Waals surface area (Å²) in [7, 11) is 0. The fourth-order valence-corrected chi connectivity index (χ4v) is 2.71. The molecule has 0 unspecified atom stereocenters. The average Bonchev–Trinajstić information content (AvgIpc) is 3.05. The van der Waals surface area contributed by atoms with Crippen LogP contribution in [0.15, 0.2) is 18.6 Å². The van der Waals surface area contributed by atoms with E-state index in [4.69, 9.17) is 0 Å². The maximum absolute atomic E-state index is 12.4. The molecule has 0 aromatic carbocycles. The van der Waals surface area contributed by atoms with Gasteiger partial charge in [0.1, 0.15) is 5.69 Å². The van der Waals surface area contributed by atoms with Crippen LogP contribution < -0.4 is 0 Å². The van der Waals surface area contributed by atoms with Gasteiger partial charge in [-0.05, 0) is 25.7 Å². The maximum atomic E-state index is 12.4. The molecule has 1 amide bonds. The van der Waals surface area contributed by atoms with E-state index in [9.17, 15) is 4.79 Å². The molecule has 2 fully saturated rings. The van der Waals surface area contributed by atoms with Gasteiger partial charge in [0.25, 0.3) is 5.91 Å². The largest absolute Gasteiger partial charge is 0.331 e. The molecule has 2 saturated carbocycles. The molecule has 0 spiro atoms. The van der Waals surface area contributed by atoms with E-state index in [1.165, 1.54) is 12.8 Å². The van der Waals surface area contributed by atoms with Gasteiger partial charge in [-0.15, -0.1) is 0 Å². The van der Waals surface area contributed by atoms with Crippen molar-refractivity contribution in [2.24, 2.45) is 0 Å². The van der Waals surface area contributed by atoms with Crippen molar-refractivity contribution in [3.63, 3.8) is 0 Å². The lowest BCUT2D eigenvalue weighted by Crippen LogP contribution is -2.41. The maximum Gasteiger partial charge on any atom is 0.274 e. The number of carbonyl (C=O) groups is 1. The number of hydrogen-bond donors (Lipinski definition) is 0. The molecular weight excluding hydrogens is 214 g/mol. The summed E-state index contributed by atoms with van der Waals surface area (Å²) < 4.78 is 0. The molecule has 4 nitrogen and oxygen atoms in total. The Morgan fingerprint density at radius 2 is 1.82 bits per heavy atom. The number of rotatable bonds is 3. The molecule has 0 radical (unpaired) electrons. The third kappa shape index (κ3) is 2.16. The van der Waals surface area contributed by atoms with Crippen LogP contribution in [0.2, 0.25) is 0 Å². The van der Waals surface area contributed by atoms with Crippen molar-refractivity contribution in [3.05, 3.63) is 24.3 Å². The molecular formula is C13H17N3O. The van der Waals surface area contributed by atoms with Crippen LogP contribution in [0, 0.1) is 0 Å². The number of amides is 1. The highest BCUT2D eigenvalue weighted by atomic mass is 16.2. The molecule has 1 aromatic rings. The molecule has 0 atom stereocenters. The molecule has 0 saturated heterocycles. The van der Waals surface area contributed by atoms with Crippen molar-refractivity contribution >= 4 is 5.91 Å². The quantitative estimate of drug-likeness (QED) is 0.799. The fourth-order valence-electron chi connectivity index (χ4n) is 2.71. The monoisotopic (exact) mass is 231 g/mol. The highest BCUT2D eigenvalue weighted by Crippen LogP contribution is 2.35. The first-order valence-corrected chi connectivity index (χ1v) is 6.45. The van der Waals surface area contributed by atoms with Gasteiger partial charge >= 0.3 is 0 Å². The van der Waals surface area contributed by atoms with E-state index < -0.39 is 0 Å². The van der Waals surface area contributed by atoms with Gasteiger partial charge in [0.05, 0.1) is 6.20 Å². The first-order chi connectivity index (χ1) is 8.36. The first kappa shape index (κ1) is 10.7. The van der Waals surface area contributed by atoms with Crippen LogP contribution in [0.5, 0.6) is 0 Å². The SMILES string of the molecule is O=C(c1cnccn1)N(C1CCCC1)C1CC1. The van der Waals surface area contributed by atoms with E-state index in [-0.39, 0.29) is 5.91 Å². The van der Waals surface area contributed by atoms with Crippen LogP contribution >= 0.6 is 0 Å². The summed E-state index contributed by atoms with van der Waals surface area (Å²) in [4.78, 5) is 22.6. The van der Waals surface area contributed by atoms with E-state index in [2.05, 4.69) is 14.9 Å². The Kier molecular flexibility index (Phi) is 2.79. The first-order valence-electron chi connectivity index (χ1n) is 6.45. The van der Waals surface area contributed by atoms with Crippen LogP contribution in [-0.4, -0.2) is 32.9 Å². The summed E-state index contributed by atoms with van der Waals surface area (Å²) in [6.45, 7) is 0. The highest BCUT2D eigenvalue weighted by Gasteiger charge is 2.39. The predicted octanol–water partition coefficient (Wildman–Crippen LogP) is 2.02. The van der Waals surface area contributed by atoms with E-state index >= 15 is 0 Å². The molecule has 90 valence electrons. The standard InChI is InChI=1S/C13H17N3O/c17-13(12-9-14-7-8-15-12)16(11-5-6-11)10-3-1-2-4-10/h7-11H,1-6H2. The Bertz CT molecular complexity index is 396. The van der Waals surface area contributed by atoms with Crippen molar-refractivity contribution < 1.29 is 4.79 Å². The Balaban J connectivity index is 1.81. The lowest BCUT2D eigenvalue weighted by atomic mass is 10.2. The zero-order valence-corrected chi connectivity index (χ0v) is 9.88. The molecule has 2 aliphatic rings. The second-order valence-corrected chi connectivity index (χ2v) is 4.97. The summed E-state index contributed by atoms with van der Waals surface area (Å²) >= 11 is 0. The fraction of sp³-hybridized carbons (Fsp3) is 0.615. The minimum absolute atomic E-state index is 0.0764.